The number of aryl methyl sites for hydroxylation is 1. The van der Waals surface area contributed by atoms with Crippen LogP contribution in [0.5, 0.6) is 11.5 Å². The van der Waals surface area contributed by atoms with E-state index in [0.29, 0.717) is 0 Å². The van der Waals surface area contributed by atoms with E-state index in [0.717, 1.165) is 47.2 Å². The average Bonchev–Trinajstić information content (AvgIpc) is 2.88. The van der Waals surface area contributed by atoms with Gasteiger partial charge in [-0.3, -0.25) is 0 Å². The summed E-state index contributed by atoms with van der Waals surface area (Å²) >= 11 is 0. The van der Waals surface area contributed by atoms with Gasteiger partial charge in [0.2, 0.25) is 0 Å². The fourth-order valence-corrected chi connectivity index (χ4v) is 3.36. The van der Waals surface area contributed by atoms with Crippen molar-refractivity contribution in [2.24, 2.45) is 0 Å². The summed E-state index contributed by atoms with van der Waals surface area (Å²) in [6, 6.07) is 8.05. The number of anilines is 1. The topological polar surface area (TPSA) is 51.9 Å². The average molecular weight is 338 g/mol. The number of methoxy groups -OCH3 is 1. The van der Waals surface area contributed by atoms with Crippen LogP contribution in [0.2, 0.25) is 0 Å². The number of fused-ring (bicyclic) bond motifs is 2. The largest absolute Gasteiger partial charge is 0.497 e. The van der Waals surface area contributed by atoms with Crippen LogP contribution in [0, 0.1) is 6.92 Å². The monoisotopic (exact) mass is 338 g/mol. The highest BCUT2D eigenvalue weighted by Crippen LogP contribution is 2.35. The van der Waals surface area contributed by atoms with E-state index in [9.17, 15) is 0 Å². The van der Waals surface area contributed by atoms with Gasteiger partial charge in [-0.1, -0.05) is 0 Å². The molecule has 1 aliphatic heterocycles. The molecule has 0 radical (unpaired) electrons. The summed E-state index contributed by atoms with van der Waals surface area (Å²) in [6.07, 6.45) is 3.67. The van der Waals surface area contributed by atoms with Gasteiger partial charge in [0.05, 0.1) is 19.3 Å². The van der Waals surface area contributed by atoms with Crippen LogP contribution in [0.1, 0.15) is 25.1 Å². The number of rotatable bonds is 2. The van der Waals surface area contributed by atoms with Crippen molar-refractivity contribution in [2.45, 2.75) is 32.9 Å². The number of aromatic nitrogens is 3. The summed E-state index contributed by atoms with van der Waals surface area (Å²) < 4.78 is 13.5. The van der Waals surface area contributed by atoms with Crippen molar-refractivity contribution in [3.63, 3.8) is 0 Å². The van der Waals surface area contributed by atoms with Crippen LogP contribution in [-0.2, 0) is 6.54 Å². The Bertz CT molecular complexity index is 932. The molecule has 0 unspecified atom stereocenters. The third-order valence-corrected chi connectivity index (χ3v) is 4.38. The summed E-state index contributed by atoms with van der Waals surface area (Å²) in [7, 11) is 1.67. The minimum absolute atomic E-state index is 0.360. The van der Waals surface area contributed by atoms with Gasteiger partial charge in [0.15, 0.2) is 5.82 Å². The molecule has 0 spiro atoms. The third kappa shape index (κ3) is 2.88. The fraction of sp³-hybridized carbons (Fsp3) is 0.368. The molecule has 0 aliphatic carbocycles. The van der Waals surface area contributed by atoms with Crippen LogP contribution in [0.25, 0.3) is 5.52 Å². The number of benzene rings is 1. The molecule has 0 N–H and O–H groups in total. The molecule has 130 valence electrons. The quantitative estimate of drug-likeness (QED) is 0.718. The van der Waals surface area contributed by atoms with E-state index < -0.39 is 0 Å². The van der Waals surface area contributed by atoms with Crippen LogP contribution >= 0.6 is 0 Å². The molecule has 1 aliphatic rings. The second-order valence-corrected chi connectivity index (χ2v) is 7.06. The third-order valence-electron chi connectivity index (χ3n) is 4.38. The van der Waals surface area contributed by atoms with E-state index in [4.69, 9.17) is 9.47 Å². The molecule has 6 heteroatoms. The molecule has 0 fully saturated rings. The second kappa shape index (κ2) is 5.65. The van der Waals surface area contributed by atoms with Gasteiger partial charge in [-0.25, -0.2) is 9.50 Å². The van der Waals surface area contributed by atoms with Gasteiger partial charge in [0, 0.05) is 30.6 Å². The first kappa shape index (κ1) is 15.7. The Kier molecular flexibility index (Phi) is 3.56. The Balaban J connectivity index is 1.81. The summed E-state index contributed by atoms with van der Waals surface area (Å²) in [5.74, 6) is 2.58. The number of hydrogen-bond donors (Lipinski definition) is 0. The lowest BCUT2D eigenvalue weighted by Gasteiger charge is -2.30. The Morgan fingerprint density at radius 3 is 2.88 bits per heavy atom. The molecular weight excluding hydrogens is 316 g/mol. The van der Waals surface area contributed by atoms with Gasteiger partial charge >= 0.3 is 0 Å². The van der Waals surface area contributed by atoms with Gasteiger partial charge in [0.1, 0.15) is 22.6 Å². The maximum Gasteiger partial charge on any atom is 0.155 e. The predicted molar refractivity (Wildman–Crippen MR) is 96.5 cm³/mol. The van der Waals surface area contributed by atoms with Crippen LogP contribution < -0.4 is 14.4 Å². The first-order valence-electron chi connectivity index (χ1n) is 8.37. The Morgan fingerprint density at radius 2 is 2.08 bits per heavy atom. The standard InChI is InChI=1S/C19H22N4O2/c1-13-9-16-18(20-7-8-23(16)21-13)22-11-14-5-6-15(24-4)10-17(14)25-19(2,3)12-22/h5-10H,11-12H2,1-4H3. The highest BCUT2D eigenvalue weighted by Gasteiger charge is 2.31. The predicted octanol–water partition coefficient (Wildman–Crippen LogP) is 3.22. The number of nitrogens with zero attached hydrogens (tertiary/aromatic N) is 4. The molecule has 3 heterocycles. The van der Waals surface area contributed by atoms with Crippen LogP contribution in [0.4, 0.5) is 5.82 Å². The maximum absolute atomic E-state index is 6.28. The van der Waals surface area contributed by atoms with Crippen molar-refractivity contribution >= 4 is 11.3 Å². The van der Waals surface area contributed by atoms with E-state index in [1.165, 1.54) is 0 Å². The molecule has 6 nitrogen and oxygen atoms in total. The zero-order valence-electron chi connectivity index (χ0n) is 15.0. The Morgan fingerprint density at radius 1 is 1.24 bits per heavy atom. The van der Waals surface area contributed by atoms with Gasteiger partial charge in [-0.05, 0) is 39.0 Å². The Labute approximate surface area is 147 Å². The van der Waals surface area contributed by atoms with E-state index in [1.807, 2.05) is 29.8 Å². The van der Waals surface area contributed by atoms with Crippen molar-refractivity contribution in [3.05, 3.63) is 47.9 Å². The lowest BCUT2D eigenvalue weighted by Crippen LogP contribution is -2.41. The summed E-state index contributed by atoms with van der Waals surface area (Å²) in [4.78, 5) is 6.90. The van der Waals surface area contributed by atoms with Gasteiger partial charge in [-0.15, -0.1) is 0 Å². The molecule has 0 amide bonds. The van der Waals surface area contributed by atoms with Crippen molar-refractivity contribution in [1.82, 2.24) is 14.6 Å². The van der Waals surface area contributed by atoms with E-state index in [1.54, 1.807) is 13.3 Å². The molecule has 3 aromatic rings. The molecule has 1 aromatic carbocycles. The molecule has 0 saturated carbocycles. The minimum atomic E-state index is -0.360. The van der Waals surface area contributed by atoms with Gasteiger partial charge < -0.3 is 14.4 Å². The van der Waals surface area contributed by atoms with Crippen LogP contribution in [0.3, 0.4) is 0 Å². The zero-order valence-corrected chi connectivity index (χ0v) is 15.0. The molecule has 4 rings (SSSR count). The molecule has 2 aromatic heterocycles. The molecule has 0 atom stereocenters. The second-order valence-electron chi connectivity index (χ2n) is 7.06. The van der Waals surface area contributed by atoms with E-state index >= 15 is 0 Å². The van der Waals surface area contributed by atoms with Gasteiger partial charge in [0.25, 0.3) is 0 Å². The summed E-state index contributed by atoms with van der Waals surface area (Å²) in [5.41, 5.74) is 2.74. The highest BCUT2D eigenvalue weighted by molar-refractivity contribution is 5.69. The molecule has 25 heavy (non-hydrogen) atoms. The molecule has 0 bridgehead atoms. The summed E-state index contributed by atoms with van der Waals surface area (Å²) in [6.45, 7) is 7.63. The maximum atomic E-state index is 6.28. The van der Waals surface area contributed by atoms with Crippen LogP contribution in [-0.4, -0.2) is 33.9 Å². The highest BCUT2D eigenvalue weighted by atomic mass is 16.5. The van der Waals surface area contributed by atoms with Crippen molar-refractivity contribution in [3.8, 4) is 11.5 Å². The van der Waals surface area contributed by atoms with Crippen molar-refractivity contribution in [2.75, 3.05) is 18.6 Å². The van der Waals surface area contributed by atoms with E-state index in [2.05, 4.69) is 41.0 Å². The van der Waals surface area contributed by atoms with Crippen molar-refractivity contribution in [1.29, 1.82) is 0 Å². The van der Waals surface area contributed by atoms with Crippen LogP contribution in [0.15, 0.2) is 36.7 Å². The Hall–Kier alpha value is -2.76. The first-order valence-corrected chi connectivity index (χ1v) is 8.37. The normalized spacial score (nSPS) is 16.2. The lowest BCUT2D eigenvalue weighted by molar-refractivity contribution is 0.120. The van der Waals surface area contributed by atoms with Crippen molar-refractivity contribution < 1.29 is 9.47 Å². The summed E-state index contributed by atoms with van der Waals surface area (Å²) in [5, 5.41) is 4.50. The smallest absolute Gasteiger partial charge is 0.155 e. The fourth-order valence-electron chi connectivity index (χ4n) is 3.36. The molecule has 0 saturated heterocycles. The minimum Gasteiger partial charge on any atom is -0.497 e. The van der Waals surface area contributed by atoms with E-state index in [-0.39, 0.29) is 5.60 Å². The SMILES string of the molecule is COc1ccc2c(c1)OC(C)(C)CN(c1nccn3nc(C)cc13)C2. The van der Waals surface area contributed by atoms with Gasteiger partial charge in [-0.2, -0.15) is 5.10 Å². The number of hydrogen-bond acceptors (Lipinski definition) is 5. The molecular formula is C19H22N4O2. The zero-order chi connectivity index (χ0) is 17.6. The lowest BCUT2D eigenvalue weighted by atomic mass is 10.1. The first-order chi connectivity index (χ1) is 11.9. The number of ether oxygens (including phenoxy) is 2.